The Kier molecular flexibility index (Phi) is 5.96. The molecule has 0 aromatic heterocycles. The Balaban J connectivity index is 2.04. The average molecular weight is 360 g/mol. The van der Waals surface area contributed by atoms with E-state index in [0.29, 0.717) is 54.1 Å². The molecule has 2 rings (SSSR count). The summed E-state index contributed by atoms with van der Waals surface area (Å²) in [5.74, 6) is 0.193. The summed E-state index contributed by atoms with van der Waals surface area (Å²) >= 11 is 12.2. The summed E-state index contributed by atoms with van der Waals surface area (Å²) in [4.78, 5) is 27.7. The fourth-order valence-electron chi connectivity index (χ4n) is 2.44. The summed E-state index contributed by atoms with van der Waals surface area (Å²) < 4.78 is 5.08. The van der Waals surface area contributed by atoms with Crippen molar-refractivity contribution in [3.05, 3.63) is 27.7 Å². The fraction of sp³-hybridized carbons (Fsp3) is 0.467. The van der Waals surface area contributed by atoms with Crippen LogP contribution in [0.1, 0.15) is 17.3 Å². The average Bonchev–Trinajstić information content (AvgIpc) is 2.54. The van der Waals surface area contributed by atoms with Crippen LogP contribution in [-0.2, 0) is 0 Å². The van der Waals surface area contributed by atoms with Gasteiger partial charge in [0, 0.05) is 38.3 Å². The van der Waals surface area contributed by atoms with Crippen LogP contribution in [0.2, 0.25) is 10.0 Å². The van der Waals surface area contributed by atoms with Gasteiger partial charge in [0.25, 0.3) is 5.91 Å². The number of nitrogens with one attached hydrogen (secondary N) is 1. The van der Waals surface area contributed by atoms with Gasteiger partial charge < -0.3 is 19.9 Å². The summed E-state index contributed by atoms with van der Waals surface area (Å²) in [5.41, 5.74) is 0.409. The van der Waals surface area contributed by atoms with E-state index in [4.69, 9.17) is 27.9 Å². The number of hydrogen-bond donors (Lipinski definition) is 1. The highest BCUT2D eigenvalue weighted by molar-refractivity contribution is 6.37. The maximum absolute atomic E-state index is 12.6. The Bertz CT molecular complexity index is 579. The molecule has 3 amide bonds. The quantitative estimate of drug-likeness (QED) is 0.901. The minimum absolute atomic E-state index is 0.102. The van der Waals surface area contributed by atoms with E-state index in [1.165, 1.54) is 7.11 Å². The lowest BCUT2D eigenvalue weighted by Gasteiger charge is -2.34. The van der Waals surface area contributed by atoms with Gasteiger partial charge in [-0.2, -0.15) is 0 Å². The lowest BCUT2D eigenvalue weighted by molar-refractivity contribution is 0.0665. The number of amides is 3. The number of piperazine rings is 1. The fourth-order valence-corrected chi connectivity index (χ4v) is 3.08. The van der Waals surface area contributed by atoms with Crippen LogP contribution < -0.4 is 10.1 Å². The van der Waals surface area contributed by atoms with E-state index in [0.717, 1.165) is 0 Å². The predicted molar refractivity (Wildman–Crippen MR) is 89.6 cm³/mol. The normalized spacial score (nSPS) is 14.6. The molecule has 0 bridgehead atoms. The van der Waals surface area contributed by atoms with Gasteiger partial charge in [0.1, 0.15) is 0 Å². The first-order chi connectivity index (χ1) is 11.0. The molecule has 1 aliphatic rings. The molecule has 8 heteroatoms. The van der Waals surface area contributed by atoms with Gasteiger partial charge in [-0.1, -0.05) is 23.2 Å². The highest BCUT2D eigenvalue weighted by atomic mass is 35.5. The van der Waals surface area contributed by atoms with Gasteiger partial charge in [-0.3, -0.25) is 4.79 Å². The molecule has 1 aliphatic heterocycles. The summed E-state index contributed by atoms with van der Waals surface area (Å²) in [7, 11) is 1.47. The topological polar surface area (TPSA) is 61.9 Å². The molecule has 1 saturated heterocycles. The third-order valence-corrected chi connectivity index (χ3v) is 4.19. The van der Waals surface area contributed by atoms with E-state index >= 15 is 0 Å². The van der Waals surface area contributed by atoms with Crippen LogP contribution in [0.3, 0.4) is 0 Å². The van der Waals surface area contributed by atoms with Crippen molar-refractivity contribution in [3.63, 3.8) is 0 Å². The van der Waals surface area contributed by atoms with Crippen molar-refractivity contribution < 1.29 is 14.3 Å². The zero-order valence-electron chi connectivity index (χ0n) is 13.1. The molecule has 0 aliphatic carbocycles. The summed E-state index contributed by atoms with van der Waals surface area (Å²) in [6, 6.07) is 2.99. The lowest BCUT2D eigenvalue weighted by atomic mass is 10.1. The smallest absolute Gasteiger partial charge is 0.317 e. The third-order valence-electron chi connectivity index (χ3n) is 3.63. The molecule has 1 heterocycles. The highest BCUT2D eigenvalue weighted by Crippen LogP contribution is 2.34. The summed E-state index contributed by atoms with van der Waals surface area (Å²) in [6.07, 6.45) is 0. The van der Waals surface area contributed by atoms with Crippen LogP contribution in [0.25, 0.3) is 0 Å². The van der Waals surface area contributed by atoms with Crippen molar-refractivity contribution in [1.29, 1.82) is 0 Å². The summed E-state index contributed by atoms with van der Waals surface area (Å²) in [6.45, 7) is 4.38. The van der Waals surface area contributed by atoms with Crippen molar-refractivity contribution >= 4 is 35.1 Å². The number of nitrogens with zero attached hydrogens (tertiary/aromatic N) is 2. The Morgan fingerprint density at radius 3 is 2.13 bits per heavy atom. The molecule has 6 nitrogen and oxygen atoms in total. The number of halogens is 2. The third kappa shape index (κ3) is 4.00. The maximum Gasteiger partial charge on any atom is 0.317 e. The first kappa shape index (κ1) is 17.7. The van der Waals surface area contributed by atoms with E-state index in [2.05, 4.69) is 5.32 Å². The number of carbonyl (C=O) groups excluding carboxylic acids is 2. The van der Waals surface area contributed by atoms with Gasteiger partial charge in [-0.05, 0) is 19.1 Å². The number of benzene rings is 1. The molecule has 126 valence electrons. The molecule has 1 fully saturated rings. The van der Waals surface area contributed by atoms with Crippen molar-refractivity contribution in [2.24, 2.45) is 0 Å². The van der Waals surface area contributed by atoms with Gasteiger partial charge in [-0.15, -0.1) is 0 Å². The van der Waals surface area contributed by atoms with Crippen LogP contribution in [0.15, 0.2) is 12.1 Å². The van der Waals surface area contributed by atoms with Crippen molar-refractivity contribution in [3.8, 4) is 5.75 Å². The van der Waals surface area contributed by atoms with E-state index < -0.39 is 0 Å². The first-order valence-electron chi connectivity index (χ1n) is 7.33. The molecule has 23 heavy (non-hydrogen) atoms. The first-order valence-corrected chi connectivity index (χ1v) is 8.08. The number of hydrogen-bond acceptors (Lipinski definition) is 3. The predicted octanol–water partition coefficient (Wildman–Crippen LogP) is 2.49. The number of methoxy groups -OCH3 is 1. The second-order valence-electron chi connectivity index (χ2n) is 5.09. The molecule has 1 aromatic carbocycles. The molecule has 0 saturated carbocycles. The molecular weight excluding hydrogens is 341 g/mol. The van der Waals surface area contributed by atoms with Gasteiger partial charge in [0.15, 0.2) is 5.75 Å². The number of carbonyl (C=O) groups is 2. The van der Waals surface area contributed by atoms with Gasteiger partial charge >= 0.3 is 6.03 Å². The molecular formula is C15H19Cl2N3O3. The molecule has 1 aromatic rings. The van der Waals surface area contributed by atoms with E-state index in [1.807, 2.05) is 6.92 Å². The van der Waals surface area contributed by atoms with Crippen molar-refractivity contribution in [2.45, 2.75) is 6.92 Å². The second kappa shape index (κ2) is 7.75. The largest absolute Gasteiger partial charge is 0.494 e. The molecule has 1 N–H and O–H groups in total. The number of ether oxygens (including phenoxy) is 1. The van der Waals surface area contributed by atoms with Gasteiger partial charge in [0.2, 0.25) is 0 Å². The zero-order chi connectivity index (χ0) is 17.0. The number of rotatable bonds is 3. The van der Waals surface area contributed by atoms with E-state index in [-0.39, 0.29) is 11.9 Å². The molecule has 0 atom stereocenters. The van der Waals surface area contributed by atoms with Crippen LogP contribution >= 0.6 is 23.2 Å². The minimum Gasteiger partial charge on any atom is -0.494 e. The Morgan fingerprint density at radius 2 is 1.65 bits per heavy atom. The SMILES string of the molecule is CCNC(=O)N1CCN(C(=O)c2cc(Cl)c(OC)c(Cl)c2)CC1. The molecule has 0 radical (unpaired) electrons. The van der Waals surface area contributed by atoms with Crippen LogP contribution in [-0.4, -0.2) is 61.6 Å². The molecule has 0 spiro atoms. The Morgan fingerprint density at radius 1 is 1.13 bits per heavy atom. The minimum atomic E-state index is -0.160. The Labute approximate surface area is 145 Å². The maximum atomic E-state index is 12.6. The van der Waals surface area contributed by atoms with Gasteiger partial charge in [0.05, 0.1) is 17.2 Å². The van der Waals surface area contributed by atoms with Crippen LogP contribution in [0.4, 0.5) is 4.79 Å². The summed E-state index contributed by atoms with van der Waals surface area (Å²) in [5, 5.41) is 3.34. The molecule has 0 unspecified atom stereocenters. The lowest BCUT2D eigenvalue weighted by Crippen LogP contribution is -2.53. The van der Waals surface area contributed by atoms with Crippen molar-refractivity contribution in [2.75, 3.05) is 39.8 Å². The van der Waals surface area contributed by atoms with Crippen molar-refractivity contribution in [1.82, 2.24) is 15.1 Å². The Hall–Kier alpha value is -1.66. The zero-order valence-corrected chi connectivity index (χ0v) is 14.6. The van der Waals surface area contributed by atoms with Crippen LogP contribution in [0, 0.1) is 0 Å². The van der Waals surface area contributed by atoms with E-state index in [9.17, 15) is 9.59 Å². The standard InChI is InChI=1S/C15H19Cl2N3O3/c1-3-18-15(22)20-6-4-19(5-7-20)14(21)10-8-11(16)13(23-2)12(17)9-10/h8-9H,3-7H2,1-2H3,(H,18,22). The van der Waals surface area contributed by atoms with Gasteiger partial charge in [-0.25, -0.2) is 4.79 Å². The van der Waals surface area contributed by atoms with Crippen LogP contribution in [0.5, 0.6) is 5.75 Å². The monoisotopic (exact) mass is 359 g/mol. The van der Waals surface area contributed by atoms with E-state index in [1.54, 1.807) is 21.9 Å². The second-order valence-corrected chi connectivity index (χ2v) is 5.90. The number of urea groups is 1. The highest BCUT2D eigenvalue weighted by Gasteiger charge is 2.25.